The molecule has 3 aliphatic rings. The lowest BCUT2D eigenvalue weighted by Crippen LogP contribution is -2.48. The Morgan fingerprint density at radius 2 is 1.94 bits per heavy atom. The molecule has 0 amide bonds. The number of fused-ring (bicyclic) bond motifs is 3. The smallest absolute Gasteiger partial charge is 0.174 e. The van der Waals surface area contributed by atoms with E-state index < -0.39 is 16.4 Å². The fourth-order valence-corrected chi connectivity index (χ4v) is 4.26. The molecule has 1 aliphatic heterocycles. The molecule has 1 unspecified atom stereocenters. The van der Waals surface area contributed by atoms with E-state index in [1.807, 2.05) is 20.8 Å². The Hall–Kier alpha value is -0.960. The monoisotopic (exact) mass is 234 g/mol. The van der Waals surface area contributed by atoms with Gasteiger partial charge in [-0.3, -0.25) is 9.59 Å². The highest BCUT2D eigenvalue weighted by Gasteiger charge is 2.76. The predicted octanol–water partition coefficient (Wildman–Crippen LogP) is 1.76. The van der Waals surface area contributed by atoms with Crippen molar-refractivity contribution in [3.63, 3.8) is 0 Å². The molecule has 1 spiro atoms. The highest BCUT2D eigenvalue weighted by molar-refractivity contribution is 6.07. The van der Waals surface area contributed by atoms with Crippen LogP contribution in [0.25, 0.3) is 0 Å². The van der Waals surface area contributed by atoms with Gasteiger partial charge < -0.3 is 4.74 Å². The molecule has 3 nitrogen and oxygen atoms in total. The van der Waals surface area contributed by atoms with Gasteiger partial charge in [0, 0.05) is 16.7 Å². The van der Waals surface area contributed by atoms with Gasteiger partial charge in [0.25, 0.3) is 0 Å². The lowest BCUT2D eigenvalue weighted by Gasteiger charge is -2.44. The topological polar surface area (TPSA) is 46.7 Å². The van der Waals surface area contributed by atoms with Crippen LogP contribution in [0.5, 0.6) is 0 Å². The summed E-state index contributed by atoms with van der Waals surface area (Å²) in [6, 6.07) is 0. The van der Waals surface area contributed by atoms with Crippen molar-refractivity contribution in [2.75, 3.05) is 6.61 Å². The Morgan fingerprint density at radius 1 is 1.35 bits per heavy atom. The molecule has 2 bridgehead atoms. The number of rotatable bonds is 1. The SMILES string of the molecule is C=C[C@@H]1C(C)(C)C(=O)C2C[C@]1(C)C(=O)[C@]21CO1. The number of ketones is 2. The zero-order valence-corrected chi connectivity index (χ0v) is 10.6. The van der Waals surface area contributed by atoms with Crippen LogP contribution < -0.4 is 0 Å². The van der Waals surface area contributed by atoms with Crippen LogP contribution in [0.4, 0.5) is 0 Å². The first-order valence-electron chi connectivity index (χ1n) is 6.16. The van der Waals surface area contributed by atoms with E-state index in [2.05, 4.69) is 6.58 Å². The normalized spacial score (nSPS) is 50.8. The second-order valence-corrected chi connectivity index (χ2v) is 6.48. The van der Waals surface area contributed by atoms with E-state index in [4.69, 9.17) is 4.74 Å². The van der Waals surface area contributed by atoms with Crippen LogP contribution in [-0.4, -0.2) is 23.8 Å². The Morgan fingerprint density at radius 3 is 2.41 bits per heavy atom. The van der Waals surface area contributed by atoms with E-state index in [-0.39, 0.29) is 23.4 Å². The fraction of sp³-hybridized carbons (Fsp3) is 0.714. The molecule has 0 aromatic carbocycles. The molecule has 3 heteroatoms. The van der Waals surface area contributed by atoms with Crippen molar-refractivity contribution < 1.29 is 14.3 Å². The number of Topliss-reactive ketones (excluding diaryl/α,β-unsaturated/α-hetero) is 2. The number of epoxide rings is 1. The summed E-state index contributed by atoms with van der Waals surface area (Å²) in [6.07, 6.45) is 2.41. The molecule has 1 heterocycles. The number of hydrogen-bond donors (Lipinski definition) is 0. The maximum atomic E-state index is 12.6. The van der Waals surface area contributed by atoms with E-state index in [9.17, 15) is 9.59 Å². The van der Waals surface area contributed by atoms with Gasteiger partial charge in [-0.05, 0) is 6.42 Å². The molecule has 3 fully saturated rings. The largest absolute Gasteiger partial charge is 0.360 e. The molecular formula is C14H18O3. The van der Waals surface area contributed by atoms with Crippen LogP contribution in [0.15, 0.2) is 12.7 Å². The summed E-state index contributed by atoms with van der Waals surface area (Å²) >= 11 is 0. The van der Waals surface area contributed by atoms with E-state index in [0.717, 1.165) is 0 Å². The molecule has 0 radical (unpaired) electrons. The van der Waals surface area contributed by atoms with Crippen LogP contribution in [0, 0.1) is 22.7 Å². The first-order chi connectivity index (χ1) is 7.80. The van der Waals surface area contributed by atoms with Crippen molar-refractivity contribution in [1.29, 1.82) is 0 Å². The van der Waals surface area contributed by atoms with Crippen molar-refractivity contribution in [1.82, 2.24) is 0 Å². The Balaban J connectivity index is 2.20. The van der Waals surface area contributed by atoms with Crippen molar-refractivity contribution in [2.24, 2.45) is 22.7 Å². The molecule has 0 aromatic heterocycles. The summed E-state index contributed by atoms with van der Waals surface area (Å²) in [6.45, 7) is 10.1. The Kier molecular flexibility index (Phi) is 1.78. The van der Waals surface area contributed by atoms with E-state index in [1.165, 1.54) is 0 Å². The lowest BCUT2D eigenvalue weighted by atomic mass is 9.56. The molecule has 92 valence electrons. The number of hydrogen-bond acceptors (Lipinski definition) is 3. The van der Waals surface area contributed by atoms with Crippen molar-refractivity contribution in [2.45, 2.75) is 32.8 Å². The molecule has 2 aliphatic carbocycles. The second kappa shape index (κ2) is 2.72. The molecule has 17 heavy (non-hydrogen) atoms. The van der Waals surface area contributed by atoms with Gasteiger partial charge in [-0.2, -0.15) is 0 Å². The Labute approximate surface area is 101 Å². The minimum atomic E-state index is -0.763. The third-order valence-corrected chi connectivity index (χ3v) is 5.20. The van der Waals surface area contributed by atoms with Crippen LogP contribution in [0.3, 0.4) is 0 Å². The maximum Gasteiger partial charge on any atom is 0.174 e. The quantitative estimate of drug-likeness (QED) is 0.513. The minimum Gasteiger partial charge on any atom is -0.360 e. The molecular weight excluding hydrogens is 216 g/mol. The van der Waals surface area contributed by atoms with E-state index >= 15 is 0 Å². The first kappa shape index (κ1) is 11.1. The maximum absolute atomic E-state index is 12.6. The summed E-state index contributed by atoms with van der Waals surface area (Å²) in [5.74, 6) is -0.0249. The summed E-state index contributed by atoms with van der Waals surface area (Å²) in [7, 11) is 0. The zero-order valence-electron chi connectivity index (χ0n) is 10.6. The third kappa shape index (κ3) is 0.982. The summed E-state index contributed by atoms with van der Waals surface area (Å²) in [5.41, 5.74) is -1.74. The minimum absolute atomic E-state index is 0.0881. The average molecular weight is 234 g/mol. The summed E-state index contributed by atoms with van der Waals surface area (Å²) < 4.78 is 5.40. The average Bonchev–Trinajstić information content (AvgIpc) is 3.00. The van der Waals surface area contributed by atoms with Crippen LogP contribution in [0.1, 0.15) is 27.2 Å². The first-order valence-corrected chi connectivity index (χ1v) is 6.16. The van der Waals surface area contributed by atoms with Crippen LogP contribution >= 0.6 is 0 Å². The van der Waals surface area contributed by atoms with Gasteiger partial charge in [-0.1, -0.05) is 26.8 Å². The zero-order chi connectivity index (χ0) is 12.6. The van der Waals surface area contributed by atoms with Gasteiger partial charge in [-0.25, -0.2) is 0 Å². The van der Waals surface area contributed by atoms with Gasteiger partial charge in [0.1, 0.15) is 5.78 Å². The molecule has 0 N–H and O–H groups in total. The summed E-state index contributed by atoms with van der Waals surface area (Å²) in [4.78, 5) is 25.1. The number of allylic oxidation sites excluding steroid dienone is 1. The number of carbonyl (C=O) groups excluding carboxylic acids is 2. The second-order valence-electron chi connectivity index (χ2n) is 6.48. The van der Waals surface area contributed by atoms with E-state index in [1.54, 1.807) is 6.08 Å². The van der Waals surface area contributed by atoms with Crippen molar-refractivity contribution in [3.05, 3.63) is 12.7 Å². The predicted molar refractivity (Wildman–Crippen MR) is 62.4 cm³/mol. The highest BCUT2D eigenvalue weighted by Crippen LogP contribution is 2.65. The van der Waals surface area contributed by atoms with E-state index in [0.29, 0.717) is 13.0 Å². The van der Waals surface area contributed by atoms with Crippen molar-refractivity contribution in [3.8, 4) is 0 Å². The number of ether oxygens (including phenoxy) is 1. The van der Waals surface area contributed by atoms with Crippen molar-refractivity contribution >= 4 is 11.6 Å². The van der Waals surface area contributed by atoms with Gasteiger partial charge in [0.05, 0.1) is 12.5 Å². The van der Waals surface area contributed by atoms with Gasteiger partial charge in [0.2, 0.25) is 0 Å². The molecule has 1 saturated heterocycles. The Bertz CT molecular complexity index is 444. The van der Waals surface area contributed by atoms with Gasteiger partial charge in [-0.15, -0.1) is 6.58 Å². The third-order valence-electron chi connectivity index (χ3n) is 5.20. The highest BCUT2D eigenvalue weighted by atomic mass is 16.6. The lowest BCUT2D eigenvalue weighted by molar-refractivity contribution is -0.141. The molecule has 3 rings (SSSR count). The molecule has 2 saturated carbocycles. The summed E-state index contributed by atoms with van der Waals surface area (Å²) in [5, 5.41) is 0. The molecule has 4 atom stereocenters. The standard InChI is InChI=1S/C14H18O3/c1-5-9-12(2,3)10(15)8-6-13(9,4)11(16)14(8)7-17-14/h5,8-9H,1,6-7H2,2-4H3/t8?,9-,13+,14+/m1/s1. The number of carbonyl (C=O) groups is 2. The van der Waals surface area contributed by atoms with Gasteiger partial charge in [0.15, 0.2) is 11.4 Å². The molecule has 0 aromatic rings. The van der Waals surface area contributed by atoms with Crippen LogP contribution in [0.2, 0.25) is 0 Å². The van der Waals surface area contributed by atoms with Crippen LogP contribution in [-0.2, 0) is 14.3 Å². The van der Waals surface area contributed by atoms with Gasteiger partial charge >= 0.3 is 0 Å². The fourth-order valence-electron chi connectivity index (χ4n) is 4.26.